The third-order valence-electron chi connectivity index (χ3n) is 3.15. The highest BCUT2D eigenvalue weighted by molar-refractivity contribution is 5.94. The van der Waals surface area contributed by atoms with E-state index >= 15 is 0 Å². The Bertz CT molecular complexity index is 868. The summed E-state index contributed by atoms with van der Waals surface area (Å²) in [7, 11) is 1.19. The summed E-state index contributed by atoms with van der Waals surface area (Å²) in [5, 5.41) is 18.1. The van der Waals surface area contributed by atoms with E-state index in [1.807, 2.05) is 0 Å². The molecule has 0 saturated heterocycles. The number of alkyl halides is 3. The topological polar surface area (TPSA) is 106 Å². The van der Waals surface area contributed by atoms with Crippen LogP contribution in [0.15, 0.2) is 52.8 Å². The number of benzene rings is 2. The van der Waals surface area contributed by atoms with Gasteiger partial charge in [0.2, 0.25) is 0 Å². The van der Waals surface area contributed by atoms with E-state index in [2.05, 4.69) is 20.5 Å². The number of methoxy groups -OCH3 is 1. The predicted octanol–water partition coefficient (Wildman–Crippen LogP) is 4.51. The lowest BCUT2D eigenvalue weighted by atomic mass is 10.1. The molecule has 2 aromatic carbocycles. The van der Waals surface area contributed by atoms with Crippen LogP contribution in [0.2, 0.25) is 0 Å². The fourth-order valence-electron chi connectivity index (χ4n) is 1.97. The summed E-state index contributed by atoms with van der Waals surface area (Å²) >= 11 is 0. The van der Waals surface area contributed by atoms with E-state index in [1.54, 1.807) is 12.1 Å². The maximum atomic E-state index is 12.8. The minimum atomic E-state index is -4.86. The van der Waals surface area contributed by atoms with Crippen LogP contribution in [-0.2, 0) is 10.9 Å². The van der Waals surface area contributed by atoms with E-state index in [-0.39, 0.29) is 16.9 Å². The summed E-state index contributed by atoms with van der Waals surface area (Å²) in [6.45, 7) is 0. The number of nitrogens with one attached hydrogen (secondary N) is 1. The van der Waals surface area contributed by atoms with Gasteiger partial charge < -0.3 is 4.74 Å². The Morgan fingerprint density at radius 2 is 1.92 bits per heavy atom. The van der Waals surface area contributed by atoms with Crippen molar-refractivity contribution >= 4 is 23.0 Å². The van der Waals surface area contributed by atoms with Crippen LogP contribution in [0, 0.1) is 10.1 Å². The number of rotatable bonds is 5. The van der Waals surface area contributed by atoms with Crippen molar-refractivity contribution in [1.29, 1.82) is 0 Å². The number of ether oxygens (including phenoxy) is 1. The second-order valence-electron chi connectivity index (χ2n) is 4.81. The number of carbonyl (C=O) groups excluding carboxylic acids is 1. The molecular formula is C15H11F3N4O4. The lowest BCUT2D eigenvalue weighted by molar-refractivity contribution is -0.388. The highest BCUT2D eigenvalue weighted by Crippen LogP contribution is 2.37. The molecule has 1 N–H and O–H groups in total. The predicted molar refractivity (Wildman–Crippen MR) is 84.0 cm³/mol. The Labute approximate surface area is 144 Å². The van der Waals surface area contributed by atoms with Crippen molar-refractivity contribution in [1.82, 2.24) is 0 Å². The average Bonchev–Trinajstić information content (AvgIpc) is 2.60. The number of nitro benzene ring substituents is 1. The van der Waals surface area contributed by atoms with E-state index < -0.39 is 28.3 Å². The molecule has 0 aliphatic rings. The molecule has 0 fully saturated rings. The summed E-state index contributed by atoms with van der Waals surface area (Å²) < 4.78 is 42.9. The van der Waals surface area contributed by atoms with Gasteiger partial charge >= 0.3 is 12.1 Å². The molecule has 11 heteroatoms. The number of nitro groups is 1. The van der Waals surface area contributed by atoms with Gasteiger partial charge in [-0.05, 0) is 24.3 Å². The first-order valence-corrected chi connectivity index (χ1v) is 6.93. The van der Waals surface area contributed by atoms with E-state index in [0.717, 1.165) is 6.07 Å². The van der Waals surface area contributed by atoms with Crippen LogP contribution >= 0.6 is 0 Å². The van der Waals surface area contributed by atoms with E-state index in [0.29, 0.717) is 12.1 Å². The minimum Gasteiger partial charge on any atom is -0.465 e. The number of hydrogen-bond acceptors (Lipinski definition) is 6. The number of halogens is 3. The molecule has 2 rings (SSSR count). The molecule has 0 unspecified atom stereocenters. The van der Waals surface area contributed by atoms with Gasteiger partial charge in [0.05, 0.1) is 23.3 Å². The Hall–Kier alpha value is -3.50. The second kappa shape index (κ2) is 7.59. The summed E-state index contributed by atoms with van der Waals surface area (Å²) in [6.07, 6.45) is -4.86. The minimum absolute atomic E-state index is 0.0796. The van der Waals surface area contributed by atoms with Gasteiger partial charge in [0.15, 0.2) is 0 Å². The van der Waals surface area contributed by atoms with Crippen molar-refractivity contribution < 1.29 is 27.6 Å². The third-order valence-corrected chi connectivity index (χ3v) is 3.15. The molecule has 0 aliphatic carbocycles. The maximum absolute atomic E-state index is 12.8. The lowest BCUT2D eigenvalue weighted by Crippen LogP contribution is -2.09. The summed E-state index contributed by atoms with van der Waals surface area (Å²) in [5.41, 5.74) is -0.0154. The Morgan fingerprint density at radius 1 is 1.23 bits per heavy atom. The molecule has 0 aliphatic heterocycles. The second-order valence-corrected chi connectivity index (χ2v) is 4.81. The van der Waals surface area contributed by atoms with Crippen molar-refractivity contribution in [2.75, 3.05) is 12.5 Å². The van der Waals surface area contributed by atoms with Crippen molar-refractivity contribution in [2.24, 2.45) is 10.3 Å². The quantitative estimate of drug-likeness (QED) is 0.362. The van der Waals surface area contributed by atoms with Crippen molar-refractivity contribution in [3.05, 3.63) is 63.7 Å². The molecule has 0 atom stereocenters. The molecule has 0 heterocycles. The smallest absolute Gasteiger partial charge is 0.423 e. The van der Waals surface area contributed by atoms with Crippen LogP contribution in [0.1, 0.15) is 15.9 Å². The standard InChI is InChI=1S/C15H11F3N4O4/c1-26-14(23)10-4-2-3-5-12(10)20-21-19-9-6-7-11(15(16,17)18)13(8-9)22(24)25/h2-8H,1H3,(H,19,20). The van der Waals surface area contributed by atoms with Crippen molar-refractivity contribution in [2.45, 2.75) is 6.18 Å². The van der Waals surface area contributed by atoms with Crippen LogP contribution in [0.4, 0.5) is 30.2 Å². The van der Waals surface area contributed by atoms with Gasteiger partial charge in [-0.1, -0.05) is 17.4 Å². The largest absolute Gasteiger partial charge is 0.465 e. The lowest BCUT2D eigenvalue weighted by Gasteiger charge is -2.08. The summed E-state index contributed by atoms with van der Waals surface area (Å²) in [4.78, 5) is 21.3. The Morgan fingerprint density at radius 3 is 2.54 bits per heavy atom. The Kier molecular flexibility index (Phi) is 5.50. The normalized spacial score (nSPS) is 11.4. The first kappa shape index (κ1) is 18.8. The number of anilines is 1. The molecule has 0 spiro atoms. The van der Waals surface area contributed by atoms with Gasteiger partial charge in [0.1, 0.15) is 11.3 Å². The number of esters is 1. The van der Waals surface area contributed by atoms with Gasteiger partial charge in [-0.15, -0.1) is 5.11 Å². The first-order valence-electron chi connectivity index (χ1n) is 6.93. The van der Waals surface area contributed by atoms with Crippen LogP contribution < -0.4 is 5.43 Å². The van der Waals surface area contributed by atoms with Crippen molar-refractivity contribution in [3.8, 4) is 0 Å². The zero-order valence-electron chi connectivity index (χ0n) is 13.1. The number of hydrogen-bond donors (Lipinski definition) is 1. The number of nitrogens with zero attached hydrogens (tertiary/aromatic N) is 3. The van der Waals surface area contributed by atoms with Gasteiger partial charge in [-0.25, -0.2) is 4.79 Å². The van der Waals surface area contributed by atoms with E-state index in [9.17, 15) is 28.1 Å². The molecule has 136 valence electrons. The Balaban J connectivity index is 2.26. The molecule has 0 bridgehead atoms. The zero-order chi connectivity index (χ0) is 19.3. The highest BCUT2D eigenvalue weighted by Gasteiger charge is 2.38. The summed E-state index contributed by atoms with van der Waals surface area (Å²) in [5.74, 6) is -0.648. The van der Waals surface area contributed by atoms with Gasteiger partial charge in [-0.3, -0.25) is 15.5 Å². The maximum Gasteiger partial charge on any atom is 0.423 e. The molecule has 8 nitrogen and oxygen atoms in total. The number of carbonyl (C=O) groups is 1. The first-order chi connectivity index (χ1) is 12.2. The molecular weight excluding hydrogens is 357 g/mol. The van der Waals surface area contributed by atoms with Gasteiger partial charge in [0.25, 0.3) is 5.69 Å². The van der Waals surface area contributed by atoms with Crippen LogP contribution in [-0.4, -0.2) is 18.0 Å². The zero-order valence-corrected chi connectivity index (χ0v) is 13.1. The highest BCUT2D eigenvalue weighted by atomic mass is 19.4. The van der Waals surface area contributed by atoms with Crippen LogP contribution in [0.3, 0.4) is 0 Å². The molecule has 0 radical (unpaired) electrons. The molecule has 0 saturated carbocycles. The van der Waals surface area contributed by atoms with Gasteiger partial charge in [-0.2, -0.15) is 13.2 Å². The van der Waals surface area contributed by atoms with Crippen LogP contribution in [0.5, 0.6) is 0 Å². The van der Waals surface area contributed by atoms with E-state index in [4.69, 9.17) is 0 Å². The SMILES string of the molecule is COC(=O)c1ccccc1N=NNc1ccc(C(F)(F)F)c([N+](=O)[O-])c1. The molecule has 0 aromatic heterocycles. The fourth-order valence-corrected chi connectivity index (χ4v) is 1.97. The van der Waals surface area contributed by atoms with E-state index in [1.165, 1.54) is 19.2 Å². The van der Waals surface area contributed by atoms with Crippen molar-refractivity contribution in [3.63, 3.8) is 0 Å². The average molecular weight is 368 g/mol. The fraction of sp³-hybridized carbons (Fsp3) is 0.133. The summed E-state index contributed by atoms with van der Waals surface area (Å²) in [6, 6.07) is 8.31. The van der Waals surface area contributed by atoms with Crippen LogP contribution in [0.25, 0.3) is 0 Å². The molecule has 0 amide bonds. The third kappa shape index (κ3) is 4.32. The molecule has 26 heavy (non-hydrogen) atoms. The monoisotopic (exact) mass is 368 g/mol. The molecule has 2 aromatic rings. The van der Waals surface area contributed by atoms with Gasteiger partial charge in [0, 0.05) is 6.07 Å².